The number of halogens is 1. The van der Waals surface area contributed by atoms with Gasteiger partial charge in [0.1, 0.15) is 5.54 Å². The number of amides is 3. The molecule has 304 valence electrons. The predicted molar refractivity (Wildman–Crippen MR) is 228 cm³/mol. The van der Waals surface area contributed by atoms with Crippen LogP contribution in [0.2, 0.25) is 23.7 Å². The zero-order valence-electron chi connectivity index (χ0n) is 33.3. The minimum absolute atomic E-state index is 0.0556. The molecule has 0 aromatic heterocycles. The van der Waals surface area contributed by atoms with E-state index in [-0.39, 0.29) is 43.8 Å². The van der Waals surface area contributed by atoms with E-state index in [9.17, 15) is 19.5 Å². The molecule has 4 aliphatic rings. The number of anilines is 3. The molecule has 0 saturated carbocycles. The molecule has 0 radical (unpaired) electrons. The fraction of sp³-hybridized carbons (Fsp3) is 0.400. The minimum atomic E-state index is -3.05. The van der Waals surface area contributed by atoms with Crippen LogP contribution in [0.4, 0.5) is 17.1 Å². The Kier molecular flexibility index (Phi) is 11.0. The molecule has 4 aromatic carbocycles. The van der Waals surface area contributed by atoms with Gasteiger partial charge < -0.3 is 34.7 Å². The number of para-hydroxylation sites is 1. The van der Waals surface area contributed by atoms with Gasteiger partial charge in [0.25, 0.3) is 11.8 Å². The molecular weight excluding hydrogens is 770 g/mol. The molecule has 4 aromatic rings. The standard InChI is InChI=1S/C45H52ClN5O6Si/c1-31-41(58(2,3)56)39(27-40(53)48(24-25-52)28-32-10-6-4-7-11-32)57-45(31)37-26-34(46)16-19-38(37)49(43(45)55)29-33-14-17-35(18-15-33)50-30-51(36-12-8-5-9-13-36)44(42(50)54)20-22-47-23-21-44/h4-19,26,31,39,41,47,52,56H,20-25,27-30H2,1-3H3/t31-,39+,41-,45+/m0/s1. The van der Waals surface area contributed by atoms with Gasteiger partial charge in [-0.2, -0.15) is 0 Å². The maximum Gasteiger partial charge on any atom is 0.264 e. The van der Waals surface area contributed by atoms with Gasteiger partial charge in [-0.1, -0.05) is 79.2 Å². The van der Waals surface area contributed by atoms with Crippen molar-refractivity contribution in [2.75, 3.05) is 47.6 Å². The number of aliphatic hydroxyl groups excluding tert-OH is 1. The second-order valence-corrected chi connectivity index (χ2v) is 21.1. The van der Waals surface area contributed by atoms with Crippen LogP contribution < -0.4 is 20.0 Å². The molecule has 3 N–H and O–H groups in total. The van der Waals surface area contributed by atoms with Crippen LogP contribution in [0.5, 0.6) is 0 Å². The molecule has 2 spiro atoms. The number of nitrogens with zero attached hydrogens (tertiary/aromatic N) is 4. The lowest BCUT2D eigenvalue weighted by Gasteiger charge is -2.39. The van der Waals surface area contributed by atoms with Gasteiger partial charge in [0.15, 0.2) is 13.9 Å². The van der Waals surface area contributed by atoms with Crippen molar-refractivity contribution in [3.63, 3.8) is 0 Å². The highest BCUT2D eigenvalue weighted by Gasteiger charge is 2.66. The second-order valence-electron chi connectivity index (χ2n) is 16.7. The third-order valence-corrected chi connectivity index (χ3v) is 15.5. The summed E-state index contributed by atoms with van der Waals surface area (Å²) in [4.78, 5) is 62.6. The Bertz CT molecular complexity index is 2150. The van der Waals surface area contributed by atoms with E-state index in [1.807, 2.05) is 104 Å². The number of nitrogens with one attached hydrogen (secondary N) is 1. The summed E-state index contributed by atoms with van der Waals surface area (Å²) in [5, 5.41) is 13.7. The summed E-state index contributed by atoms with van der Waals surface area (Å²) < 4.78 is 6.93. The van der Waals surface area contributed by atoms with Crippen LogP contribution in [0.1, 0.15) is 42.9 Å². The molecule has 13 heteroatoms. The van der Waals surface area contributed by atoms with Crippen LogP contribution in [0.15, 0.2) is 103 Å². The molecule has 3 amide bonds. The van der Waals surface area contributed by atoms with Crippen molar-refractivity contribution >= 4 is 54.7 Å². The number of hydrogen-bond donors (Lipinski definition) is 3. The normalized spacial score (nSPS) is 24.0. The van der Waals surface area contributed by atoms with E-state index in [1.165, 1.54) is 0 Å². The smallest absolute Gasteiger partial charge is 0.264 e. The SMILES string of the molecule is C[C@H]1[C@H]([Si](C)(C)O)[C@@H](CC(=O)N(CCO)Cc2ccccc2)O[C@]12C(=O)N(Cc1ccc(N3CN(c4ccccc4)C4(CCNCC4)C3=O)cc1)c1ccc(Cl)cc12. The van der Waals surface area contributed by atoms with Crippen LogP contribution in [0.3, 0.4) is 0 Å². The number of rotatable bonds is 11. The summed E-state index contributed by atoms with van der Waals surface area (Å²) in [6.07, 6.45) is 0.634. The topological polar surface area (TPSA) is 126 Å². The van der Waals surface area contributed by atoms with Gasteiger partial charge in [-0.25, -0.2) is 0 Å². The van der Waals surface area contributed by atoms with Gasteiger partial charge in [0.05, 0.1) is 38.0 Å². The number of carbonyl (C=O) groups excluding carboxylic acids is 3. The maximum absolute atomic E-state index is 15.1. The van der Waals surface area contributed by atoms with Crippen molar-refractivity contribution in [2.24, 2.45) is 5.92 Å². The number of aliphatic hydroxyl groups is 1. The summed E-state index contributed by atoms with van der Waals surface area (Å²) in [7, 11) is -3.05. The lowest BCUT2D eigenvalue weighted by molar-refractivity contribution is -0.150. The number of ether oxygens (including phenoxy) is 1. The van der Waals surface area contributed by atoms with Gasteiger partial charge in [-0.3, -0.25) is 19.3 Å². The average molecular weight is 822 g/mol. The molecular formula is C45H52ClN5O6Si. The van der Waals surface area contributed by atoms with Gasteiger partial charge in [0, 0.05) is 46.5 Å². The van der Waals surface area contributed by atoms with Crippen LogP contribution >= 0.6 is 11.6 Å². The van der Waals surface area contributed by atoms with E-state index in [2.05, 4.69) is 22.3 Å². The Morgan fingerprint density at radius 3 is 2.24 bits per heavy atom. The molecule has 4 atom stereocenters. The third-order valence-electron chi connectivity index (χ3n) is 12.8. The molecule has 0 bridgehead atoms. The first-order chi connectivity index (χ1) is 27.9. The molecule has 4 heterocycles. The second kappa shape index (κ2) is 15.9. The Morgan fingerprint density at radius 1 is 0.914 bits per heavy atom. The molecule has 0 aliphatic carbocycles. The van der Waals surface area contributed by atoms with Crippen molar-refractivity contribution in [1.82, 2.24) is 10.2 Å². The first-order valence-electron chi connectivity index (χ1n) is 20.3. The monoisotopic (exact) mass is 821 g/mol. The van der Waals surface area contributed by atoms with Crippen LogP contribution in [-0.4, -0.2) is 85.4 Å². The third kappa shape index (κ3) is 7.03. The van der Waals surface area contributed by atoms with Gasteiger partial charge in [-0.05, 0) is 92.6 Å². The lowest BCUT2D eigenvalue weighted by atomic mass is 9.82. The lowest BCUT2D eigenvalue weighted by Crippen LogP contribution is -2.55. The largest absolute Gasteiger partial charge is 0.432 e. The number of carbonyl (C=O) groups is 3. The van der Waals surface area contributed by atoms with Crippen molar-refractivity contribution in [3.05, 3.63) is 125 Å². The van der Waals surface area contributed by atoms with E-state index in [0.29, 0.717) is 29.5 Å². The molecule has 4 aliphatic heterocycles. The van der Waals surface area contributed by atoms with E-state index in [1.54, 1.807) is 21.9 Å². The van der Waals surface area contributed by atoms with Crippen molar-refractivity contribution < 1.29 is 29.0 Å². The number of piperidine rings is 1. The first kappa shape index (κ1) is 40.2. The van der Waals surface area contributed by atoms with Crippen LogP contribution in [-0.2, 0) is 37.8 Å². The number of benzene rings is 4. The van der Waals surface area contributed by atoms with Crippen LogP contribution in [0.25, 0.3) is 0 Å². The quantitative estimate of drug-likeness (QED) is 0.157. The van der Waals surface area contributed by atoms with Gasteiger partial charge in [-0.15, -0.1) is 0 Å². The number of fused-ring (bicyclic) bond motifs is 2. The van der Waals surface area contributed by atoms with Gasteiger partial charge >= 0.3 is 0 Å². The first-order valence-corrected chi connectivity index (χ1v) is 23.7. The molecule has 11 nitrogen and oxygen atoms in total. The molecule has 0 unspecified atom stereocenters. The van der Waals surface area contributed by atoms with Gasteiger partial charge in [0.2, 0.25) is 5.91 Å². The number of hydrogen-bond acceptors (Lipinski definition) is 8. The zero-order valence-corrected chi connectivity index (χ0v) is 35.1. The summed E-state index contributed by atoms with van der Waals surface area (Å²) in [5.41, 5.74) is 2.35. The van der Waals surface area contributed by atoms with E-state index >= 15 is 4.79 Å². The van der Waals surface area contributed by atoms with Crippen molar-refractivity contribution in [2.45, 2.75) is 75.2 Å². The fourth-order valence-corrected chi connectivity index (χ4v) is 12.8. The summed E-state index contributed by atoms with van der Waals surface area (Å²) >= 11 is 6.63. The van der Waals surface area contributed by atoms with E-state index < -0.39 is 37.0 Å². The Morgan fingerprint density at radius 2 is 1.59 bits per heavy atom. The summed E-state index contributed by atoms with van der Waals surface area (Å²) in [6, 6.07) is 32.9. The maximum atomic E-state index is 15.1. The Hall–Kier alpha value is -4.56. The highest BCUT2D eigenvalue weighted by Crippen LogP contribution is 2.60. The summed E-state index contributed by atoms with van der Waals surface area (Å²) in [5.74, 6) is -0.876. The van der Waals surface area contributed by atoms with Crippen molar-refractivity contribution in [1.29, 1.82) is 0 Å². The molecule has 3 fully saturated rings. The van der Waals surface area contributed by atoms with E-state index in [0.717, 1.165) is 48.4 Å². The average Bonchev–Trinajstić information content (AvgIpc) is 3.76. The van der Waals surface area contributed by atoms with Crippen molar-refractivity contribution in [3.8, 4) is 0 Å². The fourth-order valence-electron chi connectivity index (χ4n) is 10.1. The summed E-state index contributed by atoms with van der Waals surface area (Å²) in [6.45, 7) is 8.09. The Labute approximate surface area is 346 Å². The van der Waals surface area contributed by atoms with E-state index in [4.69, 9.17) is 16.3 Å². The minimum Gasteiger partial charge on any atom is -0.432 e. The molecule has 3 saturated heterocycles. The molecule has 8 rings (SSSR count). The van der Waals surface area contributed by atoms with Crippen LogP contribution in [0, 0.1) is 5.92 Å². The highest BCUT2D eigenvalue weighted by molar-refractivity contribution is 6.71. The zero-order chi connectivity index (χ0) is 40.8. The highest BCUT2D eigenvalue weighted by atomic mass is 35.5. The predicted octanol–water partition coefficient (Wildman–Crippen LogP) is 6.03. The molecule has 58 heavy (non-hydrogen) atoms. The Balaban J connectivity index is 1.06.